The van der Waals surface area contributed by atoms with Crippen LogP contribution in [0.15, 0.2) is 6.20 Å². The molecule has 0 fully saturated rings. The molecule has 1 aromatic rings. The van der Waals surface area contributed by atoms with Gasteiger partial charge in [0.1, 0.15) is 29.5 Å². The van der Waals surface area contributed by atoms with Gasteiger partial charge < -0.3 is 20.1 Å². The summed E-state index contributed by atoms with van der Waals surface area (Å²) in [5.41, 5.74) is 0.182. The van der Waals surface area contributed by atoms with Crippen LogP contribution in [0.1, 0.15) is 46.1 Å². The predicted octanol–water partition coefficient (Wildman–Crippen LogP) is 2.35. The maximum absolute atomic E-state index is 12.1. The Morgan fingerprint density at radius 1 is 1.04 bits per heavy atom. The number of esters is 2. The van der Waals surface area contributed by atoms with E-state index >= 15 is 0 Å². The maximum atomic E-state index is 12.1. The van der Waals surface area contributed by atoms with Gasteiger partial charge in [0.2, 0.25) is 5.95 Å². The van der Waals surface area contributed by atoms with Crippen LogP contribution in [0.2, 0.25) is 0 Å². The second-order valence-corrected chi connectivity index (χ2v) is 7.27. The summed E-state index contributed by atoms with van der Waals surface area (Å²) in [5.74, 6) is -0.0602. The van der Waals surface area contributed by atoms with E-state index in [2.05, 4.69) is 20.6 Å². The molecule has 0 aromatic carbocycles. The van der Waals surface area contributed by atoms with Crippen LogP contribution in [0, 0.1) is 23.2 Å². The average Bonchev–Trinajstić information content (AvgIpc) is 2.65. The maximum Gasteiger partial charge on any atom is 0.328 e. The van der Waals surface area contributed by atoms with Crippen LogP contribution in [0.25, 0.3) is 0 Å². The van der Waals surface area contributed by atoms with Gasteiger partial charge in [0, 0.05) is 0 Å². The van der Waals surface area contributed by atoms with E-state index in [-0.39, 0.29) is 29.2 Å². The van der Waals surface area contributed by atoms with Crippen molar-refractivity contribution in [1.29, 1.82) is 5.26 Å². The molecular weight excluding hydrogens is 362 g/mol. The first-order chi connectivity index (χ1) is 13.2. The van der Waals surface area contributed by atoms with Crippen LogP contribution >= 0.6 is 0 Å². The number of hydrogen-bond donors (Lipinski definition) is 2. The van der Waals surface area contributed by atoms with Gasteiger partial charge in [0.05, 0.1) is 20.4 Å². The van der Waals surface area contributed by atoms with Crippen LogP contribution in [0.3, 0.4) is 0 Å². The van der Waals surface area contributed by atoms with Crippen molar-refractivity contribution in [3.8, 4) is 6.07 Å². The van der Waals surface area contributed by atoms with Crippen molar-refractivity contribution in [3.63, 3.8) is 0 Å². The number of aromatic nitrogens is 2. The van der Waals surface area contributed by atoms with E-state index in [9.17, 15) is 14.9 Å². The molecule has 2 N–H and O–H groups in total. The minimum Gasteiger partial charge on any atom is -0.467 e. The number of nitrogens with one attached hydrogen (secondary N) is 2. The number of hydrogen-bond acceptors (Lipinski definition) is 9. The summed E-state index contributed by atoms with van der Waals surface area (Å²) in [6, 6.07) is 0.712. The Balaban J connectivity index is 3.14. The first-order valence-electron chi connectivity index (χ1n) is 9.17. The minimum atomic E-state index is -0.660. The number of carbonyl (C=O) groups excluding carboxylic acids is 2. The number of rotatable bonds is 10. The van der Waals surface area contributed by atoms with Gasteiger partial charge >= 0.3 is 11.9 Å². The molecule has 1 unspecified atom stereocenters. The van der Waals surface area contributed by atoms with Crippen LogP contribution < -0.4 is 10.6 Å². The third-order valence-corrected chi connectivity index (χ3v) is 3.91. The highest BCUT2D eigenvalue weighted by Gasteiger charge is 2.24. The molecule has 0 aliphatic rings. The van der Waals surface area contributed by atoms with Gasteiger partial charge in [-0.25, -0.2) is 14.6 Å². The van der Waals surface area contributed by atoms with Gasteiger partial charge in [-0.3, -0.25) is 0 Å². The number of ether oxygens (including phenoxy) is 2. The molecule has 0 aliphatic heterocycles. The van der Waals surface area contributed by atoms with Crippen molar-refractivity contribution >= 4 is 23.7 Å². The number of nitriles is 1. The zero-order valence-corrected chi connectivity index (χ0v) is 17.3. The zero-order valence-electron chi connectivity index (χ0n) is 17.3. The largest absolute Gasteiger partial charge is 0.467 e. The Hall–Kier alpha value is -2.89. The number of carbonyl (C=O) groups is 2. The summed E-state index contributed by atoms with van der Waals surface area (Å²) in [6.07, 6.45) is 2.37. The zero-order chi connectivity index (χ0) is 21.3. The number of anilines is 2. The lowest BCUT2D eigenvalue weighted by atomic mass is 10.0. The molecule has 28 heavy (non-hydrogen) atoms. The molecule has 1 aromatic heterocycles. The van der Waals surface area contributed by atoms with E-state index in [1.807, 2.05) is 33.8 Å². The molecule has 1 heterocycles. The second kappa shape index (κ2) is 11.1. The third-order valence-electron chi connectivity index (χ3n) is 3.91. The van der Waals surface area contributed by atoms with E-state index in [0.29, 0.717) is 12.8 Å². The molecular formula is C19H29N5O4. The predicted molar refractivity (Wildman–Crippen MR) is 105 cm³/mol. The molecule has 0 amide bonds. The second-order valence-electron chi connectivity index (χ2n) is 7.27. The standard InChI is InChI=1S/C19H29N5O4/c1-11(2)7-14(17(25)27-5)22-16-13(9-20)10-21-19(24-16)23-15(8-12(3)4)18(26)28-6/h10-12,14-15H,7-8H2,1-6H3,(H2,21,22,23,24)/t14?,15-/m0/s1. The Morgan fingerprint density at radius 3 is 1.96 bits per heavy atom. The van der Waals surface area contributed by atoms with Gasteiger partial charge in [-0.05, 0) is 24.7 Å². The minimum absolute atomic E-state index is 0.158. The summed E-state index contributed by atoms with van der Waals surface area (Å²) < 4.78 is 9.67. The van der Waals surface area contributed by atoms with E-state index < -0.39 is 24.0 Å². The monoisotopic (exact) mass is 391 g/mol. The Kier molecular flexibility index (Phi) is 9.15. The molecule has 0 saturated heterocycles. The number of nitrogens with zero attached hydrogens (tertiary/aromatic N) is 3. The van der Waals surface area contributed by atoms with E-state index in [1.54, 1.807) is 0 Å². The third kappa shape index (κ3) is 7.02. The SMILES string of the molecule is COC(=O)C(CC(C)C)Nc1nc(N[C@@H](CC(C)C)C(=O)OC)ncc1C#N. The molecule has 1 rings (SSSR count). The van der Waals surface area contributed by atoms with Gasteiger partial charge in [-0.2, -0.15) is 10.2 Å². The molecule has 2 atom stereocenters. The van der Waals surface area contributed by atoms with Gasteiger partial charge in [0.15, 0.2) is 0 Å². The summed E-state index contributed by atoms with van der Waals surface area (Å²) >= 11 is 0. The van der Waals surface area contributed by atoms with Gasteiger partial charge in [-0.15, -0.1) is 0 Å². The van der Waals surface area contributed by atoms with E-state index in [1.165, 1.54) is 20.4 Å². The lowest BCUT2D eigenvalue weighted by Crippen LogP contribution is -2.34. The molecule has 154 valence electrons. The molecule has 9 heteroatoms. The van der Waals surface area contributed by atoms with Crippen molar-refractivity contribution in [2.24, 2.45) is 11.8 Å². The Bertz CT molecular complexity index is 715. The Morgan fingerprint density at radius 2 is 1.54 bits per heavy atom. The highest BCUT2D eigenvalue weighted by molar-refractivity contribution is 5.80. The number of methoxy groups -OCH3 is 2. The summed E-state index contributed by atoms with van der Waals surface area (Å²) in [4.78, 5) is 32.5. The van der Waals surface area contributed by atoms with Crippen molar-refractivity contribution in [2.45, 2.75) is 52.6 Å². The summed E-state index contributed by atoms with van der Waals surface area (Å²) in [7, 11) is 2.62. The average molecular weight is 391 g/mol. The smallest absolute Gasteiger partial charge is 0.328 e. The molecule has 0 radical (unpaired) electrons. The van der Waals surface area contributed by atoms with Crippen LogP contribution in [-0.4, -0.2) is 48.2 Å². The van der Waals surface area contributed by atoms with Crippen molar-refractivity contribution < 1.29 is 19.1 Å². The summed E-state index contributed by atoms with van der Waals surface area (Å²) in [6.45, 7) is 7.92. The van der Waals surface area contributed by atoms with E-state index in [0.717, 1.165) is 0 Å². The lowest BCUT2D eigenvalue weighted by Gasteiger charge is -2.21. The van der Waals surface area contributed by atoms with Crippen LogP contribution in [0.4, 0.5) is 11.8 Å². The fourth-order valence-corrected chi connectivity index (χ4v) is 2.62. The molecule has 0 bridgehead atoms. The highest BCUT2D eigenvalue weighted by Crippen LogP contribution is 2.19. The quantitative estimate of drug-likeness (QED) is 0.578. The topological polar surface area (TPSA) is 126 Å². The van der Waals surface area contributed by atoms with Gasteiger partial charge in [-0.1, -0.05) is 27.7 Å². The molecule has 0 aliphatic carbocycles. The fraction of sp³-hybridized carbons (Fsp3) is 0.632. The van der Waals surface area contributed by atoms with Crippen LogP contribution in [0.5, 0.6) is 0 Å². The molecule has 0 saturated carbocycles. The normalized spacial score (nSPS) is 12.8. The first-order valence-corrected chi connectivity index (χ1v) is 9.17. The van der Waals surface area contributed by atoms with Crippen LogP contribution in [-0.2, 0) is 19.1 Å². The highest BCUT2D eigenvalue weighted by atomic mass is 16.5. The molecule has 0 spiro atoms. The first kappa shape index (κ1) is 23.1. The van der Waals surface area contributed by atoms with Crippen molar-refractivity contribution in [3.05, 3.63) is 11.8 Å². The lowest BCUT2D eigenvalue weighted by molar-refractivity contribution is -0.142. The fourth-order valence-electron chi connectivity index (χ4n) is 2.62. The van der Waals surface area contributed by atoms with E-state index in [4.69, 9.17) is 9.47 Å². The van der Waals surface area contributed by atoms with Crippen molar-refractivity contribution in [1.82, 2.24) is 9.97 Å². The van der Waals surface area contributed by atoms with Crippen molar-refractivity contribution in [2.75, 3.05) is 24.9 Å². The van der Waals surface area contributed by atoms with Gasteiger partial charge in [0.25, 0.3) is 0 Å². The molecule has 9 nitrogen and oxygen atoms in total. The summed E-state index contributed by atoms with van der Waals surface area (Å²) in [5, 5.41) is 15.3. The Labute approximate surface area is 165 Å².